The fourth-order valence-electron chi connectivity index (χ4n) is 5.33. The molecule has 164 valence electrons. The number of benzene rings is 1. The SMILES string of the molecule is CC(=O)NCCCCCC(=O)N1CC[C@H]2O[C@H]3c4ccccc4OC(C)(C)[C@@H]3C[C@@H]21. The molecule has 2 amide bonds. The first kappa shape index (κ1) is 21.2. The molecule has 2 saturated heterocycles. The van der Waals surface area contributed by atoms with Crippen molar-refractivity contribution in [1.82, 2.24) is 10.2 Å². The molecule has 0 spiro atoms. The van der Waals surface area contributed by atoms with Gasteiger partial charge in [-0.25, -0.2) is 0 Å². The van der Waals surface area contributed by atoms with Crippen LogP contribution in [0, 0.1) is 5.92 Å². The van der Waals surface area contributed by atoms with E-state index in [0.717, 1.165) is 50.0 Å². The van der Waals surface area contributed by atoms with Gasteiger partial charge in [0.25, 0.3) is 0 Å². The molecule has 3 aliphatic heterocycles. The Bertz CT molecular complexity index is 793. The Hall–Kier alpha value is -2.08. The number of hydrogen-bond acceptors (Lipinski definition) is 4. The lowest BCUT2D eigenvalue weighted by atomic mass is 9.74. The highest BCUT2D eigenvalue weighted by Crippen LogP contribution is 2.52. The highest BCUT2D eigenvalue weighted by molar-refractivity contribution is 5.77. The third-order valence-electron chi connectivity index (χ3n) is 6.92. The van der Waals surface area contributed by atoms with Crippen LogP contribution in [0.1, 0.15) is 71.0 Å². The minimum atomic E-state index is -0.328. The van der Waals surface area contributed by atoms with E-state index in [1.54, 1.807) is 0 Å². The van der Waals surface area contributed by atoms with Gasteiger partial charge in [-0.05, 0) is 45.6 Å². The molecule has 0 unspecified atom stereocenters. The van der Waals surface area contributed by atoms with Crippen molar-refractivity contribution >= 4 is 11.8 Å². The predicted octanol–water partition coefficient (Wildman–Crippen LogP) is 3.60. The second-order valence-corrected chi connectivity index (χ2v) is 9.42. The molecular weight excluding hydrogens is 380 g/mol. The number of carbonyl (C=O) groups excluding carboxylic acids is 2. The topological polar surface area (TPSA) is 67.9 Å². The van der Waals surface area contributed by atoms with Crippen LogP contribution in [0.4, 0.5) is 0 Å². The predicted molar refractivity (Wildman–Crippen MR) is 114 cm³/mol. The van der Waals surface area contributed by atoms with E-state index in [2.05, 4.69) is 30.1 Å². The standard InChI is InChI=1S/C24H34N2O4/c1-16(27)25-13-8-4-5-11-22(28)26-14-12-21-19(26)15-18-23(29-21)17-9-6-7-10-20(17)30-24(18,2)3/h6-7,9-10,18-19,21,23H,4-5,8,11-15H2,1-3H3,(H,25,27)/t18-,19+,21-,23+/m1/s1. The molecule has 30 heavy (non-hydrogen) atoms. The normalized spacial score (nSPS) is 28.7. The average molecular weight is 415 g/mol. The van der Waals surface area contributed by atoms with Crippen LogP contribution in [0.5, 0.6) is 5.75 Å². The van der Waals surface area contributed by atoms with E-state index in [4.69, 9.17) is 9.47 Å². The number of hydrogen-bond donors (Lipinski definition) is 1. The van der Waals surface area contributed by atoms with Gasteiger partial charge < -0.3 is 19.7 Å². The first-order valence-electron chi connectivity index (χ1n) is 11.3. The summed E-state index contributed by atoms with van der Waals surface area (Å²) in [7, 11) is 0. The van der Waals surface area contributed by atoms with E-state index in [9.17, 15) is 9.59 Å². The van der Waals surface area contributed by atoms with Gasteiger partial charge in [0, 0.05) is 37.9 Å². The van der Waals surface area contributed by atoms with Gasteiger partial charge >= 0.3 is 0 Å². The third kappa shape index (κ3) is 4.20. The third-order valence-corrected chi connectivity index (χ3v) is 6.92. The molecule has 6 nitrogen and oxygen atoms in total. The zero-order valence-electron chi connectivity index (χ0n) is 18.4. The highest BCUT2D eigenvalue weighted by atomic mass is 16.5. The summed E-state index contributed by atoms with van der Waals surface area (Å²) in [6, 6.07) is 8.34. The van der Waals surface area contributed by atoms with Crippen LogP contribution in [0.3, 0.4) is 0 Å². The summed E-state index contributed by atoms with van der Waals surface area (Å²) in [5.74, 6) is 1.38. The molecule has 3 heterocycles. The molecule has 0 aromatic heterocycles. The summed E-state index contributed by atoms with van der Waals surface area (Å²) in [6.45, 7) is 7.27. The van der Waals surface area contributed by atoms with Crippen LogP contribution in [-0.2, 0) is 14.3 Å². The largest absolute Gasteiger partial charge is 0.487 e. The van der Waals surface area contributed by atoms with E-state index in [-0.39, 0.29) is 41.6 Å². The molecule has 1 N–H and O–H groups in total. The number of unbranched alkanes of at least 4 members (excludes halogenated alkanes) is 2. The Balaban J connectivity index is 1.36. The van der Waals surface area contributed by atoms with E-state index < -0.39 is 0 Å². The minimum absolute atomic E-state index is 0.00188. The molecule has 0 aliphatic carbocycles. The molecule has 0 radical (unpaired) electrons. The first-order valence-corrected chi connectivity index (χ1v) is 11.3. The number of nitrogens with zero attached hydrogens (tertiary/aromatic N) is 1. The smallest absolute Gasteiger partial charge is 0.222 e. The van der Waals surface area contributed by atoms with Crippen LogP contribution in [0.15, 0.2) is 24.3 Å². The molecule has 4 atom stereocenters. The van der Waals surface area contributed by atoms with Crippen LogP contribution >= 0.6 is 0 Å². The van der Waals surface area contributed by atoms with Crippen molar-refractivity contribution in [3.63, 3.8) is 0 Å². The maximum absolute atomic E-state index is 12.9. The highest BCUT2D eigenvalue weighted by Gasteiger charge is 2.53. The van der Waals surface area contributed by atoms with Crippen LogP contribution in [0.25, 0.3) is 0 Å². The van der Waals surface area contributed by atoms with E-state index >= 15 is 0 Å². The Morgan fingerprint density at radius 1 is 1.20 bits per heavy atom. The van der Waals surface area contributed by atoms with Gasteiger partial charge in [0.2, 0.25) is 11.8 Å². The second kappa shape index (κ2) is 8.58. The minimum Gasteiger partial charge on any atom is -0.487 e. The number of para-hydroxylation sites is 1. The number of carbonyl (C=O) groups is 2. The summed E-state index contributed by atoms with van der Waals surface area (Å²) in [5, 5.41) is 2.80. The van der Waals surface area contributed by atoms with E-state index in [0.29, 0.717) is 13.0 Å². The van der Waals surface area contributed by atoms with Crippen LogP contribution < -0.4 is 10.1 Å². The van der Waals surface area contributed by atoms with E-state index in [1.807, 2.05) is 18.2 Å². The summed E-state index contributed by atoms with van der Waals surface area (Å²) in [4.78, 5) is 25.9. The van der Waals surface area contributed by atoms with Gasteiger partial charge in [0.05, 0.1) is 18.2 Å². The monoisotopic (exact) mass is 414 g/mol. The number of fused-ring (bicyclic) bond motifs is 4. The zero-order chi connectivity index (χ0) is 21.3. The van der Waals surface area contributed by atoms with E-state index in [1.165, 1.54) is 6.92 Å². The molecular formula is C24H34N2O4. The van der Waals surface area contributed by atoms with Crippen molar-refractivity contribution in [3.8, 4) is 5.75 Å². The quantitative estimate of drug-likeness (QED) is 0.722. The molecule has 1 aromatic carbocycles. The lowest BCUT2D eigenvalue weighted by molar-refractivity contribution is -0.167. The number of rotatable bonds is 6. The van der Waals surface area contributed by atoms with Crippen LogP contribution in [-0.4, -0.2) is 47.6 Å². The first-order chi connectivity index (χ1) is 14.4. The Morgan fingerprint density at radius 2 is 2.00 bits per heavy atom. The van der Waals surface area contributed by atoms with Crippen molar-refractivity contribution < 1.29 is 19.1 Å². The van der Waals surface area contributed by atoms with Crippen molar-refractivity contribution in [2.24, 2.45) is 5.92 Å². The molecule has 4 rings (SSSR count). The number of ether oxygens (including phenoxy) is 2. The Labute approximate surface area is 179 Å². The summed E-state index contributed by atoms with van der Waals surface area (Å²) in [5.41, 5.74) is 0.814. The lowest BCUT2D eigenvalue weighted by Crippen LogP contribution is -2.54. The second-order valence-electron chi connectivity index (χ2n) is 9.42. The van der Waals surface area contributed by atoms with Crippen molar-refractivity contribution in [2.45, 2.75) is 83.1 Å². The van der Waals surface area contributed by atoms with Gasteiger partial charge in [-0.1, -0.05) is 24.6 Å². The molecule has 2 fully saturated rings. The summed E-state index contributed by atoms with van der Waals surface area (Å²) in [6.07, 6.45) is 5.27. The summed E-state index contributed by atoms with van der Waals surface area (Å²) >= 11 is 0. The molecule has 6 heteroatoms. The van der Waals surface area contributed by atoms with Crippen LogP contribution in [0.2, 0.25) is 0 Å². The fraction of sp³-hybridized carbons (Fsp3) is 0.667. The number of likely N-dealkylation sites (tertiary alicyclic amines) is 1. The van der Waals surface area contributed by atoms with Crippen molar-refractivity contribution in [2.75, 3.05) is 13.1 Å². The van der Waals surface area contributed by atoms with Gasteiger partial charge in [-0.3, -0.25) is 9.59 Å². The van der Waals surface area contributed by atoms with Crippen molar-refractivity contribution in [1.29, 1.82) is 0 Å². The number of nitrogens with one attached hydrogen (secondary N) is 1. The van der Waals surface area contributed by atoms with Gasteiger partial charge in [0.15, 0.2) is 0 Å². The molecule has 0 bridgehead atoms. The molecule has 0 saturated carbocycles. The molecule has 3 aliphatic rings. The fourth-order valence-corrected chi connectivity index (χ4v) is 5.33. The molecule has 1 aromatic rings. The van der Waals surface area contributed by atoms with Gasteiger partial charge in [-0.15, -0.1) is 0 Å². The zero-order valence-corrected chi connectivity index (χ0v) is 18.4. The lowest BCUT2D eigenvalue weighted by Gasteiger charge is -2.50. The van der Waals surface area contributed by atoms with Gasteiger partial charge in [0.1, 0.15) is 11.4 Å². The summed E-state index contributed by atoms with van der Waals surface area (Å²) < 4.78 is 13.0. The number of amides is 2. The Morgan fingerprint density at radius 3 is 2.80 bits per heavy atom. The maximum atomic E-state index is 12.9. The Kier molecular flexibility index (Phi) is 6.05. The van der Waals surface area contributed by atoms with Gasteiger partial charge in [-0.2, -0.15) is 0 Å². The van der Waals surface area contributed by atoms with Crippen molar-refractivity contribution in [3.05, 3.63) is 29.8 Å². The maximum Gasteiger partial charge on any atom is 0.222 e. The average Bonchev–Trinajstić information content (AvgIpc) is 3.12.